The summed E-state index contributed by atoms with van der Waals surface area (Å²) in [6, 6.07) is 23.2. The molecule has 1 unspecified atom stereocenters. The van der Waals surface area contributed by atoms with Crippen molar-refractivity contribution < 1.29 is 23.9 Å². The van der Waals surface area contributed by atoms with Crippen molar-refractivity contribution in [3.05, 3.63) is 113 Å². The summed E-state index contributed by atoms with van der Waals surface area (Å²) in [7, 11) is 1.83. The maximum atomic E-state index is 16.3. The zero-order valence-corrected chi connectivity index (χ0v) is 34.6. The minimum Gasteiger partial charge on any atom is -0.507 e. The number of nitrogens with two attached hydrogens (primary N) is 3. The van der Waals surface area contributed by atoms with Gasteiger partial charge in [0, 0.05) is 123 Å². The highest BCUT2D eigenvalue weighted by molar-refractivity contribution is 5.95. The summed E-state index contributed by atoms with van der Waals surface area (Å²) in [5.74, 6) is 0.369. The second-order valence-corrected chi connectivity index (χ2v) is 16.2. The molecule has 320 valence electrons. The van der Waals surface area contributed by atoms with Crippen molar-refractivity contribution in [2.75, 3.05) is 64.7 Å². The average molecular weight is 822 g/mol. The predicted octanol–water partition coefficient (Wildman–Crippen LogP) is 5.26. The molecule has 0 bridgehead atoms. The van der Waals surface area contributed by atoms with Crippen molar-refractivity contribution in [2.24, 2.45) is 17.2 Å². The summed E-state index contributed by atoms with van der Waals surface area (Å²) in [5, 5.41) is 17.4. The van der Waals surface area contributed by atoms with Crippen LogP contribution in [0.3, 0.4) is 0 Å². The van der Waals surface area contributed by atoms with Gasteiger partial charge in [-0.3, -0.25) is 9.59 Å². The fourth-order valence-electron chi connectivity index (χ4n) is 8.90. The average Bonchev–Trinajstić information content (AvgIpc) is 3.69. The quantitative estimate of drug-likeness (QED) is 0.103. The van der Waals surface area contributed by atoms with Crippen molar-refractivity contribution in [3.63, 3.8) is 0 Å². The number of halogens is 1. The molecule has 0 spiro atoms. The Morgan fingerprint density at radius 2 is 1.63 bits per heavy atom. The third-order valence-electron chi connectivity index (χ3n) is 12.2. The minimum absolute atomic E-state index is 0.00985. The molecule has 0 saturated carbocycles. The summed E-state index contributed by atoms with van der Waals surface area (Å²) in [6.45, 7) is 6.90. The first-order chi connectivity index (χ1) is 29.0. The Kier molecular flexibility index (Phi) is 14.5. The first-order valence-electron chi connectivity index (χ1n) is 20.9. The standard InChI is InChI=1S/C45H58FN9O3.CH2O/c1-50-20-14-42(57)51-35-12-13-39-33(27-35)15-24-55(39)36-16-22-52(23-17-36)30-45(46)18-25-53(26-19-45)44(58)32-10-8-31(9-11-32)34-5-4-21-54(29-34)40(43(48)49)28-38(47)37-6-2-3-7-41(37)56;1-2/h2-3,6-13,15,24,27-28,34,36,50,56H,4-5,14,16-23,25-26,29-30,47-49H2,1H3,(H,51,57);1H2/b38-28-;. The number of alkyl halides is 1. The van der Waals surface area contributed by atoms with Crippen LogP contribution in [0.5, 0.6) is 5.75 Å². The molecule has 3 fully saturated rings. The van der Waals surface area contributed by atoms with Gasteiger partial charge in [-0.05, 0) is 92.9 Å². The Bertz CT molecular complexity index is 2150. The van der Waals surface area contributed by atoms with Crippen LogP contribution in [0.15, 0.2) is 96.6 Å². The molecule has 3 aliphatic heterocycles. The van der Waals surface area contributed by atoms with E-state index in [4.69, 9.17) is 22.0 Å². The van der Waals surface area contributed by atoms with Crippen molar-refractivity contribution in [2.45, 2.75) is 62.6 Å². The number of nitrogens with one attached hydrogen (secondary N) is 2. The molecule has 14 heteroatoms. The van der Waals surface area contributed by atoms with E-state index >= 15 is 4.39 Å². The fraction of sp³-hybridized carbons (Fsp3) is 0.413. The molecule has 60 heavy (non-hydrogen) atoms. The Hall–Kier alpha value is -5.86. The van der Waals surface area contributed by atoms with Gasteiger partial charge >= 0.3 is 0 Å². The van der Waals surface area contributed by atoms with Crippen LogP contribution < -0.4 is 27.8 Å². The van der Waals surface area contributed by atoms with E-state index in [2.05, 4.69) is 43.3 Å². The number of nitrogens with zero attached hydrogens (tertiary/aromatic N) is 4. The number of para-hydroxylation sites is 1. The second-order valence-electron chi connectivity index (χ2n) is 16.2. The van der Waals surface area contributed by atoms with Gasteiger partial charge in [0.25, 0.3) is 5.91 Å². The highest BCUT2D eigenvalue weighted by Gasteiger charge is 2.38. The number of likely N-dealkylation sites (tertiary alicyclic amines) is 3. The van der Waals surface area contributed by atoms with Crippen LogP contribution in [-0.2, 0) is 9.59 Å². The van der Waals surface area contributed by atoms with E-state index in [1.54, 1.807) is 29.2 Å². The smallest absolute Gasteiger partial charge is 0.253 e. The van der Waals surface area contributed by atoms with E-state index in [1.165, 1.54) is 0 Å². The summed E-state index contributed by atoms with van der Waals surface area (Å²) >= 11 is 0. The number of phenols is 1. The van der Waals surface area contributed by atoms with Crippen LogP contribution in [0.2, 0.25) is 0 Å². The molecule has 2 amide bonds. The number of carbonyl (C=O) groups excluding carboxylic acids is 3. The lowest BCUT2D eigenvalue weighted by atomic mass is 9.89. The maximum Gasteiger partial charge on any atom is 0.253 e. The summed E-state index contributed by atoms with van der Waals surface area (Å²) in [5.41, 5.74) is 22.5. The van der Waals surface area contributed by atoms with Gasteiger partial charge in [0.2, 0.25) is 5.91 Å². The van der Waals surface area contributed by atoms with E-state index in [0.717, 1.165) is 67.5 Å². The van der Waals surface area contributed by atoms with Crippen molar-refractivity contribution in [1.82, 2.24) is 24.6 Å². The molecule has 3 saturated heterocycles. The predicted molar refractivity (Wildman–Crippen MR) is 236 cm³/mol. The molecule has 4 aromatic rings. The maximum absolute atomic E-state index is 16.3. The number of amides is 2. The molecular formula is C46H60FN9O4. The Morgan fingerprint density at radius 1 is 0.917 bits per heavy atom. The largest absolute Gasteiger partial charge is 0.507 e. The number of anilines is 1. The van der Waals surface area contributed by atoms with Gasteiger partial charge in [0.1, 0.15) is 24.0 Å². The number of rotatable bonds is 12. The molecule has 4 heterocycles. The van der Waals surface area contributed by atoms with Crippen molar-refractivity contribution in [1.29, 1.82) is 0 Å². The summed E-state index contributed by atoms with van der Waals surface area (Å²) in [4.78, 5) is 39.9. The summed E-state index contributed by atoms with van der Waals surface area (Å²) < 4.78 is 18.6. The van der Waals surface area contributed by atoms with Crippen LogP contribution in [0.25, 0.3) is 16.6 Å². The highest BCUT2D eigenvalue weighted by Crippen LogP contribution is 2.34. The number of aromatic hydroxyl groups is 1. The lowest BCUT2D eigenvalue weighted by molar-refractivity contribution is -0.116. The van der Waals surface area contributed by atoms with Crippen molar-refractivity contribution >= 4 is 40.9 Å². The number of allylic oxidation sites excluding steroid dienone is 1. The zero-order chi connectivity index (χ0) is 42.8. The Balaban J connectivity index is 0.00000297. The lowest BCUT2D eigenvalue weighted by Gasteiger charge is -2.41. The third kappa shape index (κ3) is 10.5. The number of carbonyl (C=O) groups is 3. The molecule has 7 rings (SSSR count). The minimum atomic E-state index is -1.32. The molecule has 1 aromatic heterocycles. The number of aromatic nitrogens is 1. The number of hydrogen-bond donors (Lipinski definition) is 6. The van der Waals surface area contributed by atoms with Gasteiger partial charge in [-0.25, -0.2) is 4.39 Å². The Morgan fingerprint density at radius 3 is 2.32 bits per heavy atom. The van der Waals surface area contributed by atoms with Gasteiger partial charge in [-0.15, -0.1) is 0 Å². The normalized spacial score (nSPS) is 18.7. The third-order valence-corrected chi connectivity index (χ3v) is 12.2. The van der Waals surface area contributed by atoms with Gasteiger partial charge in [0.05, 0.1) is 5.70 Å². The molecule has 0 aliphatic carbocycles. The van der Waals surface area contributed by atoms with Crippen LogP contribution in [-0.4, -0.2) is 108 Å². The van der Waals surface area contributed by atoms with E-state index in [-0.39, 0.29) is 29.3 Å². The van der Waals surface area contributed by atoms with E-state index in [1.807, 2.05) is 56.3 Å². The van der Waals surface area contributed by atoms with Gasteiger partial charge in [-0.1, -0.05) is 24.3 Å². The molecule has 0 radical (unpaired) electrons. The molecule has 9 N–H and O–H groups in total. The lowest BCUT2D eigenvalue weighted by Crippen LogP contribution is -2.51. The number of piperidine rings is 3. The zero-order valence-electron chi connectivity index (χ0n) is 34.6. The fourth-order valence-corrected chi connectivity index (χ4v) is 8.90. The van der Waals surface area contributed by atoms with Crippen LogP contribution >= 0.6 is 0 Å². The van der Waals surface area contributed by atoms with E-state index < -0.39 is 5.67 Å². The number of phenolic OH excluding ortho intramolecular Hbond substituents is 1. The van der Waals surface area contributed by atoms with Gasteiger partial charge in [0.15, 0.2) is 0 Å². The molecule has 1 atom stereocenters. The Labute approximate surface area is 352 Å². The van der Waals surface area contributed by atoms with Gasteiger partial charge in [-0.2, -0.15) is 0 Å². The molecule has 13 nitrogen and oxygen atoms in total. The van der Waals surface area contributed by atoms with Crippen LogP contribution in [0, 0.1) is 0 Å². The second kappa shape index (κ2) is 19.9. The van der Waals surface area contributed by atoms with E-state index in [0.29, 0.717) is 80.5 Å². The van der Waals surface area contributed by atoms with E-state index in [9.17, 15) is 14.7 Å². The van der Waals surface area contributed by atoms with Crippen LogP contribution in [0.4, 0.5) is 10.1 Å². The first-order valence-corrected chi connectivity index (χ1v) is 20.9. The molecule has 3 aromatic carbocycles. The molecular weight excluding hydrogens is 762 g/mol. The first kappa shape index (κ1) is 43.7. The topological polar surface area (TPSA) is 188 Å². The van der Waals surface area contributed by atoms with Crippen molar-refractivity contribution in [3.8, 4) is 5.75 Å². The number of benzene rings is 3. The van der Waals surface area contributed by atoms with Crippen LogP contribution in [0.1, 0.15) is 78.4 Å². The summed E-state index contributed by atoms with van der Waals surface area (Å²) in [6.07, 6.45) is 8.71. The highest BCUT2D eigenvalue weighted by atomic mass is 19.1. The van der Waals surface area contributed by atoms with Gasteiger partial charge < -0.3 is 57.0 Å². The monoisotopic (exact) mass is 821 g/mol. The number of hydrogen-bond acceptors (Lipinski definition) is 10. The number of fused-ring (bicyclic) bond motifs is 1. The molecule has 3 aliphatic rings. The SMILES string of the molecule is C=O.CNCCC(=O)Nc1ccc2c(ccn2C2CCN(CC3(F)CCN(C(=O)c4ccc(C5CCCN(C(/C=C(\N)c6ccccc6O)=C(N)N)C5)cc4)CC3)CC2)c1.